The van der Waals surface area contributed by atoms with E-state index in [0.29, 0.717) is 22.5 Å². The van der Waals surface area contributed by atoms with Crippen molar-refractivity contribution in [1.29, 1.82) is 0 Å². The van der Waals surface area contributed by atoms with Crippen molar-refractivity contribution < 1.29 is 4.79 Å². The molecule has 0 N–H and O–H groups in total. The third-order valence-electron chi connectivity index (χ3n) is 6.72. The van der Waals surface area contributed by atoms with Crippen molar-refractivity contribution in [3.63, 3.8) is 0 Å². The number of fused-ring (bicyclic) bond motifs is 5. The number of ketones is 1. The Bertz CT molecular complexity index is 396. The van der Waals surface area contributed by atoms with Gasteiger partial charge in [-0.05, 0) is 47.0 Å². The lowest BCUT2D eigenvalue weighted by Gasteiger charge is -2.45. The van der Waals surface area contributed by atoms with Crippen LogP contribution in [0.4, 0.5) is 0 Å². The van der Waals surface area contributed by atoms with Crippen LogP contribution in [0, 0.1) is 22.2 Å². The Kier molecular flexibility index (Phi) is 1.73. The average Bonchev–Trinajstić information content (AvgIpc) is 2.57. The van der Waals surface area contributed by atoms with E-state index in [2.05, 4.69) is 27.4 Å². The van der Waals surface area contributed by atoms with Gasteiger partial charge in [-0.1, -0.05) is 33.8 Å². The highest BCUT2D eigenvalue weighted by Gasteiger charge is 2.69. The van der Waals surface area contributed by atoms with Gasteiger partial charge < -0.3 is 0 Å². The van der Waals surface area contributed by atoms with E-state index in [-0.39, 0.29) is 5.41 Å². The van der Waals surface area contributed by atoms with E-state index in [1.165, 1.54) is 25.7 Å². The van der Waals surface area contributed by atoms with E-state index in [1.54, 1.807) is 0 Å². The van der Waals surface area contributed by atoms with Gasteiger partial charge in [-0.2, -0.15) is 0 Å². The number of carbonyl (C=O) groups excluding carboxylic acids is 1. The second-order valence-electron chi connectivity index (χ2n) is 7.05. The number of carbonyl (C=O) groups is 1. The maximum atomic E-state index is 12.1. The molecule has 2 bridgehead atoms. The molecule has 3 fully saturated rings. The standard InChI is InChI=1S/C15H22O/c1-10-11-8-13(2,9-12(10)16)15(4)7-5-6-14(11,15)3/h11H,1,5-9H2,2-4H3/t11?,13-,14-,15+/m0/s1. The molecule has 0 spiro atoms. The second kappa shape index (κ2) is 2.63. The normalized spacial score (nSPS) is 55.6. The smallest absolute Gasteiger partial charge is 0.159 e. The highest BCUT2D eigenvalue weighted by Crippen LogP contribution is 2.76. The minimum absolute atomic E-state index is 0.237. The number of rotatable bonds is 0. The van der Waals surface area contributed by atoms with E-state index >= 15 is 0 Å². The summed E-state index contributed by atoms with van der Waals surface area (Å²) in [6.45, 7) is 11.3. The Balaban J connectivity index is 2.19. The second-order valence-corrected chi connectivity index (χ2v) is 7.05. The van der Waals surface area contributed by atoms with Crippen molar-refractivity contribution in [3.05, 3.63) is 12.2 Å². The summed E-state index contributed by atoms with van der Waals surface area (Å²) in [4.78, 5) is 12.1. The molecule has 3 aliphatic rings. The van der Waals surface area contributed by atoms with Crippen molar-refractivity contribution >= 4 is 5.78 Å². The van der Waals surface area contributed by atoms with Gasteiger partial charge in [0.05, 0.1) is 0 Å². The van der Waals surface area contributed by atoms with E-state index in [1.807, 2.05) is 0 Å². The van der Waals surface area contributed by atoms with Crippen LogP contribution in [0.5, 0.6) is 0 Å². The first-order valence-electron chi connectivity index (χ1n) is 6.56. The van der Waals surface area contributed by atoms with Crippen LogP contribution in [-0.4, -0.2) is 5.78 Å². The Hall–Kier alpha value is -0.590. The minimum atomic E-state index is 0.237. The molecule has 0 aliphatic heterocycles. The van der Waals surface area contributed by atoms with Gasteiger partial charge in [-0.15, -0.1) is 0 Å². The molecule has 1 unspecified atom stereocenters. The molecule has 0 amide bonds. The fourth-order valence-electron chi connectivity index (χ4n) is 5.26. The van der Waals surface area contributed by atoms with Crippen LogP contribution in [0.15, 0.2) is 12.2 Å². The summed E-state index contributed by atoms with van der Waals surface area (Å²) in [5, 5.41) is 0. The van der Waals surface area contributed by atoms with Crippen molar-refractivity contribution in [1.82, 2.24) is 0 Å². The van der Waals surface area contributed by atoms with Gasteiger partial charge in [-0.3, -0.25) is 4.79 Å². The van der Waals surface area contributed by atoms with Crippen LogP contribution >= 0.6 is 0 Å². The Morgan fingerprint density at radius 2 is 1.94 bits per heavy atom. The predicted molar refractivity (Wildman–Crippen MR) is 65.0 cm³/mol. The summed E-state index contributed by atoms with van der Waals surface area (Å²) < 4.78 is 0. The van der Waals surface area contributed by atoms with E-state index in [9.17, 15) is 4.79 Å². The predicted octanol–water partition coefficient (Wildman–Crippen LogP) is 3.74. The lowest BCUT2D eigenvalue weighted by atomic mass is 9.59. The molecule has 0 radical (unpaired) electrons. The molecule has 88 valence electrons. The van der Waals surface area contributed by atoms with Crippen LogP contribution in [0.3, 0.4) is 0 Å². The Morgan fingerprint density at radius 1 is 1.25 bits per heavy atom. The van der Waals surface area contributed by atoms with Crippen LogP contribution < -0.4 is 0 Å². The molecule has 3 saturated carbocycles. The zero-order valence-corrected chi connectivity index (χ0v) is 10.7. The first-order valence-corrected chi connectivity index (χ1v) is 6.56. The molecule has 4 atom stereocenters. The van der Waals surface area contributed by atoms with Gasteiger partial charge in [0.2, 0.25) is 0 Å². The van der Waals surface area contributed by atoms with Crippen molar-refractivity contribution in [2.24, 2.45) is 22.2 Å². The van der Waals surface area contributed by atoms with Crippen molar-refractivity contribution in [2.75, 3.05) is 0 Å². The van der Waals surface area contributed by atoms with Crippen LogP contribution in [0.25, 0.3) is 0 Å². The van der Waals surface area contributed by atoms with Crippen LogP contribution in [0.1, 0.15) is 52.9 Å². The molecule has 3 rings (SSSR count). The fourth-order valence-corrected chi connectivity index (χ4v) is 5.26. The van der Waals surface area contributed by atoms with Gasteiger partial charge in [0.25, 0.3) is 0 Å². The molecule has 3 aliphatic carbocycles. The zero-order chi connectivity index (χ0) is 11.8. The monoisotopic (exact) mass is 218 g/mol. The molecule has 0 saturated heterocycles. The molecule has 0 heterocycles. The first kappa shape index (κ1) is 10.6. The van der Waals surface area contributed by atoms with Gasteiger partial charge in [0.15, 0.2) is 5.78 Å². The number of hydrogen-bond acceptors (Lipinski definition) is 1. The third kappa shape index (κ3) is 0.846. The van der Waals surface area contributed by atoms with Gasteiger partial charge in [-0.25, -0.2) is 0 Å². The summed E-state index contributed by atoms with van der Waals surface area (Å²) in [6.07, 6.45) is 5.87. The maximum Gasteiger partial charge on any atom is 0.159 e. The maximum absolute atomic E-state index is 12.1. The van der Waals surface area contributed by atoms with Crippen LogP contribution in [-0.2, 0) is 4.79 Å². The summed E-state index contributed by atoms with van der Waals surface area (Å²) in [7, 11) is 0. The molecular weight excluding hydrogens is 196 g/mol. The fraction of sp³-hybridized carbons (Fsp3) is 0.800. The quantitative estimate of drug-likeness (QED) is 0.566. The summed E-state index contributed by atoms with van der Waals surface area (Å²) in [5.74, 6) is 0.807. The topological polar surface area (TPSA) is 17.1 Å². The zero-order valence-electron chi connectivity index (χ0n) is 10.7. The molecule has 16 heavy (non-hydrogen) atoms. The Labute approximate surface area is 98.3 Å². The third-order valence-corrected chi connectivity index (χ3v) is 6.72. The lowest BCUT2D eigenvalue weighted by molar-refractivity contribution is -0.120. The number of Topliss-reactive ketones (excluding diaryl/α,β-unsaturated/α-hetero) is 1. The molecule has 0 aromatic rings. The number of allylic oxidation sites excluding steroid dienone is 1. The van der Waals surface area contributed by atoms with E-state index < -0.39 is 0 Å². The SMILES string of the molecule is C=C1C(=O)C[C@]2(C)CC1[C@]1(C)CCC[C@]21C. The highest BCUT2D eigenvalue weighted by atomic mass is 16.1. The summed E-state index contributed by atoms with van der Waals surface area (Å²) in [5.41, 5.74) is 1.87. The van der Waals surface area contributed by atoms with Gasteiger partial charge in [0.1, 0.15) is 0 Å². The average molecular weight is 218 g/mol. The molecular formula is C15H22O. The van der Waals surface area contributed by atoms with Gasteiger partial charge in [0, 0.05) is 6.42 Å². The first-order chi connectivity index (χ1) is 7.34. The summed E-state index contributed by atoms with van der Waals surface area (Å²) in [6, 6.07) is 0. The number of hydrogen-bond donors (Lipinski definition) is 0. The van der Waals surface area contributed by atoms with Gasteiger partial charge >= 0.3 is 0 Å². The molecule has 1 heteroatoms. The lowest BCUT2D eigenvalue weighted by Crippen LogP contribution is -2.39. The van der Waals surface area contributed by atoms with E-state index in [0.717, 1.165) is 12.0 Å². The van der Waals surface area contributed by atoms with Crippen molar-refractivity contribution in [3.8, 4) is 0 Å². The highest BCUT2D eigenvalue weighted by molar-refractivity contribution is 5.97. The molecule has 0 aromatic heterocycles. The summed E-state index contributed by atoms with van der Waals surface area (Å²) >= 11 is 0. The largest absolute Gasteiger partial charge is 0.295 e. The minimum Gasteiger partial charge on any atom is -0.295 e. The van der Waals surface area contributed by atoms with E-state index in [4.69, 9.17) is 0 Å². The van der Waals surface area contributed by atoms with Crippen molar-refractivity contribution in [2.45, 2.75) is 52.9 Å². The molecule has 1 nitrogen and oxygen atoms in total. The Morgan fingerprint density at radius 3 is 2.62 bits per heavy atom. The molecule has 0 aromatic carbocycles. The van der Waals surface area contributed by atoms with Crippen LogP contribution in [0.2, 0.25) is 0 Å².